The number of piperidine rings is 1. The first-order valence-electron chi connectivity index (χ1n) is 12.1. The lowest BCUT2D eigenvalue weighted by Gasteiger charge is -2.31. The third-order valence-electron chi connectivity index (χ3n) is 6.48. The molecule has 0 amide bonds. The first kappa shape index (κ1) is 23.7. The van der Waals surface area contributed by atoms with Gasteiger partial charge in [-0.3, -0.25) is 4.68 Å². The Balaban J connectivity index is 1.39. The largest absolute Gasteiger partial charge is 0.384 e. The summed E-state index contributed by atoms with van der Waals surface area (Å²) in [5.41, 5.74) is 1.52. The molecule has 4 aromatic rings. The van der Waals surface area contributed by atoms with Crippen molar-refractivity contribution in [1.29, 1.82) is 0 Å². The van der Waals surface area contributed by atoms with Crippen molar-refractivity contribution in [3.8, 4) is 0 Å². The van der Waals surface area contributed by atoms with E-state index in [0.29, 0.717) is 29.3 Å². The van der Waals surface area contributed by atoms with Crippen LogP contribution in [0.3, 0.4) is 0 Å². The van der Waals surface area contributed by atoms with E-state index < -0.39 is 5.60 Å². The van der Waals surface area contributed by atoms with Crippen molar-refractivity contribution in [2.45, 2.75) is 52.2 Å². The van der Waals surface area contributed by atoms with Crippen molar-refractivity contribution in [2.75, 3.05) is 30.3 Å². The quantitative estimate of drug-likeness (QED) is 0.332. The Hall–Kier alpha value is -3.08. The summed E-state index contributed by atoms with van der Waals surface area (Å²) in [5.74, 6) is 1.80. The van der Waals surface area contributed by atoms with Gasteiger partial charge in [0.2, 0.25) is 5.95 Å². The predicted octanol–water partition coefficient (Wildman–Crippen LogP) is 4.96. The molecule has 9 nitrogen and oxygen atoms in total. The lowest BCUT2D eigenvalue weighted by molar-refractivity contribution is 0.0740. The maximum absolute atomic E-state index is 10.4. The monoisotopic (exact) mass is 492 g/mol. The van der Waals surface area contributed by atoms with Gasteiger partial charge < -0.3 is 20.6 Å². The molecule has 3 N–H and O–H groups in total. The number of rotatable bonds is 7. The van der Waals surface area contributed by atoms with Gasteiger partial charge in [0.25, 0.3) is 0 Å². The Morgan fingerprint density at radius 1 is 1.14 bits per heavy atom. The summed E-state index contributed by atoms with van der Waals surface area (Å²) in [4.78, 5) is 17.5. The van der Waals surface area contributed by atoms with Crippen LogP contribution in [0.1, 0.15) is 50.9 Å². The van der Waals surface area contributed by atoms with E-state index in [1.54, 1.807) is 25.2 Å². The van der Waals surface area contributed by atoms with Crippen LogP contribution in [-0.4, -0.2) is 54.4 Å². The van der Waals surface area contributed by atoms with Gasteiger partial charge in [-0.2, -0.15) is 10.1 Å². The van der Waals surface area contributed by atoms with Gasteiger partial charge in [0.15, 0.2) is 0 Å². The molecule has 1 aliphatic rings. The molecule has 0 spiro atoms. The molecule has 184 valence electrons. The molecule has 0 bridgehead atoms. The van der Waals surface area contributed by atoms with Gasteiger partial charge in [0, 0.05) is 19.3 Å². The molecule has 0 aromatic carbocycles. The number of hydrogen-bond donors (Lipinski definition) is 3. The first-order chi connectivity index (χ1) is 16.8. The van der Waals surface area contributed by atoms with Gasteiger partial charge in [-0.1, -0.05) is 13.0 Å². The zero-order valence-electron chi connectivity index (χ0n) is 20.6. The van der Waals surface area contributed by atoms with Crippen LogP contribution in [0, 0.1) is 6.92 Å². The molecule has 1 aliphatic heterocycles. The number of fused-ring (bicyclic) bond motifs is 1. The summed E-state index contributed by atoms with van der Waals surface area (Å²) in [5, 5.41) is 24.7. The maximum Gasteiger partial charge on any atom is 0.230 e. The molecule has 0 saturated carbocycles. The second kappa shape index (κ2) is 9.52. The van der Waals surface area contributed by atoms with Crippen LogP contribution in [0.2, 0.25) is 0 Å². The van der Waals surface area contributed by atoms with Crippen LogP contribution >= 0.6 is 11.3 Å². The van der Waals surface area contributed by atoms with Crippen LogP contribution < -0.4 is 10.6 Å². The maximum atomic E-state index is 10.4. The van der Waals surface area contributed by atoms with Crippen molar-refractivity contribution < 1.29 is 5.11 Å². The minimum atomic E-state index is -1.03. The van der Waals surface area contributed by atoms with Gasteiger partial charge in [0.05, 0.1) is 29.0 Å². The van der Waals surface area contributed by atoms with Crippen LogP contribution in [0.5, 0.6) is 0 Å². The summed E-state index contributed by atoms with van der Waals surface area (Å²) in [6.45, 7) is 11.0. The Bertz CT molecular complexity index is 1320. The highest BCUT2D eigenvalue weighted by Crippen LogP contribution is 2.33. The van der Waals surface area contributed by atoms with Gasteiger partial charge in [-0.25, -0.2) is 9.97 Å². The number of hydrogen-bond acceptors (Lipinski definition) is 9. The Morgan fingerprint density at radius 2 is 1.94 bits per heavy atom. The summed E-state index contributed by atoms with van der Waals surface area (Å²) >= 11 is 1.58. The zero-order valence-corrected chi connectivity index (χ0v) is 21.4. The van der Waals surface area contributed by atoms with Crippen molar-refractivity contribution in [3.63, 3.8) is 0 Å². The summed E-state index contributed by atoms with van der Waals surface area (Å²) in [7, 11) is 0. The van der Waals surface area contributed by atoms with Crippen molar-refractivity contribution >= 4 is 44.8 Å². The summed E-state index contributed by atoms with van der Waals surface area (Å²) in [6, 6.07) is 5.97. The molecule has 0 aliphatic carbocycles. The topological polar surface area (TPSA) is 104 Å². The van der Waals surface area contributed by atoms with E-state index in [2.05, 4.69) is 49.5 Å². The van der Waals surface area contributed by atoms with Crippen molar-refractivity contribution in [3.05, 3.63) is 47.2 Å². The first-order valence-corrected chi connectivity index (χ1v) is 12.9. The Kier molecular flexibility index (Phi) is 6.43. The fraction of sp³-hybridized carbons (Fsp3) is 0.440. The van der Waals surface area contributed by atoms with E-state index in [1.807, 2.05) is 30.6 Å². The average Bonchev–Trinajstić information content (AvgIpc) is 3.45. The number of pyridine rings is 1. The van der Waals surface area contributed by atoms with E-state index in [1.165, 1.54) is 0 Å². The number of nitrogens with zero attached hydrogens (tertiary/aromatic N) is 6. The highest BCUT2D eigenvalue weighted by Gasteiger charge is 2.21. The van der Waals surface area contributed by atoms with Crippen LogP contribution in [-0.2, 0) is 5.60 Å². The Morgan fingerprint density at radius 3 is 2.69 bits per heavy atom. The Labute approximate surface area is 209 Å². The van der Waals surface area contributed by atoms with E-state index in [-0.39, 0.29) is 0 Å². The SMILES string of the molecule is CCN1CCC(n2cc(Nc3nc(Nc4cccc(C(C)(C)O)n4)c4c(C)csc4n3)cn2)CC1. The number of likely N-dealkylation sites (tertiary alicyclic amines) is 1. The minimum absolute atomic E-state index is 0.419. The second-order valence-electron chi connectivity index (χ2n) is 9.59. The number of aryl methyl sites for hydroxylation is 1. The molecule has 0 unspecified atom stereocenters. The van der Waals surface area contributed by atoms with E-state index in [9.17, 15) is 5.11 Å². The molecular formula is C25H32N8OS. The predicted molar refractivity (Wildman–Crippen MR) is 141 cm³/mol. The molecule has 5 heterocycles. The number of aromatic nitrogens is 5. The van der Waals surface area contributed by atoms with E-state index in [4.69, 9.17) is 9.97 Å². The molecule has 1 fully saturated rings. The van der Waals surface area contributed by atoms with Crippen molar-refractivity contribution in [2.24, 2.45) is 0 Å². The second-order valence-corrected chi connectivity index (χ2v) is 10.4. The lowest BCUT2D eigenvalue weighted by atomic mass is 10.1. The number of aliphatic hydroxyl groups is 1. The normalized spacial score (nSPS) is 15.6. The highest BCUT2D eigenvalue weighted by molar-refractivity contribution is 7.17. The van der Waals surface area contributed by atoms with Gasteiger partial charge in [-0.15, -0.1) is 11.3 Å². The minimum Gasteiger partial charge on any atom is -0.384 e. The third kappa shape index (κ3) is 5.14. The third-order valence-corrected chi connectivity index (χ3v) is 7.47. The highest BCUT2D eigenvalue weighted by atomic mass is 32.1. The molecule has 0 atom stereocenters. The van der Waals surface area contributed by atoms with Crippen molar-refractivity contribution in [1.82, 2.24) is 29.6 Å². The number of nitrogens with one attached hydrogen (secondary N) is 2. The van der Waals surface area contributed by atoms with E-state index in [0.717, 1.165) is 53.9 Å². The summed E-state index contributed by atoms with van der Waals surface area (Å²) < 4.78 is 2.06. The van der Waals surface area contributed by atoms with Crippen LogP contribution in [0.15, 0.2) is 36.0 Å². The molecule has 10 heteroatoms. The van der Waals surface area contributed by atoms with Gasteiger partial charge in [-0.05, 0) is 63.2 Å². The standard InChI is InChI=1S/C25H32N8OS/c1-5-32-11-9-18(10-12-32)33-14-17(13-26-33)27-24-30-22(21-16(2)15-35-23(21)31-24)29-20-8-6-7-19(28-20)25(3,4)34/h6-8,13-15,18,34H,5,9-12H2,1-4H3,(H2,27,28,29,30,31). The number of anilines is 4. The molecule has 35 heavy (non-hydrogen) atoms. The van der Waals surface area contributed by atoms with E-state index >= 15 is 0 Å². The molecule has 1 saturated heterocycles. The molecule has 5 rings (SSSR count). The molecule has 0 radical (unpaired) electrons. The lowest BCUT2D eigenvalue weighted by Crippen LogP contribution is -2.34. The molecular weight excluding hydrogens is 460 g/mol. The van der Waals surface area contributed by atoms with Gasteiger partial charge >= 0.3 is 0 Å². The number of thiophene rings is 1. The fourth-order valence-electron chi connectivity index (χ4n) is 4.43. The van der Waals surface area contributed by atoms with Gasteiger partial charge in [0.1, 0.15) is 22.1 Å². The average molecular weight is 493 g/mol. The fourth-order valence-corrected chi connectivity index (χ4v) is 5.35. The summed E-state index contributed by atoms with van der Waals surface area (Å²) in [6.07, 6.45) is 6.09. The smallest absolute Gasteiger partial charge is 0.230 e. The van der Waals surface area contributed by atoms with Crippen LogP contribution in [0.25, 0.3) is 10.2 Å². The molecule has 4 aromatic heterocycles. The van der Waals surface area contributed by atoms with Crippen LogP contribution in [0.4, 0.5) is 23.3 Å². The zero-order chi connectivity index (χ0) is 24.6.